The van der Waals surface area contributed by atoms with Crippen molar-refractivity contribution in [1.29, 1.82) is 0 Å². The van der Waals surface area contributed by atoms with Crippen molar-refractivity contribution in [2.75, 3.05) is 6.54 Å². The molecule has 1 aromatic rings. The fraction of sp³-hybridized carbons (Fsp3) is 0.455. The van der Waals surface area contributed by atoms with E-state index in [4.69, 9.17) is 11.6 Å². The van der Waals surface area contributed by atoms with E-state index in [1.54, 1.807) is 0 Å². The molecule has 1 atom stereocenters. The minimum Gasteiger partial charge on any atom is -0.312 e. The van der Waals surface area contributed by atoms with Crippen LogP contribution in [0.5, 0.6) is 0 Å². The summed E-state index contributed by atoms with van der Waals surface area (Å²) in [4.78, 5) is -0.878. The fourth-order valence-electron chi connectivity index (χ4n) is 2.11. The molecule has 1 N–H and O–H groups in total. The van der Waals surface area contributed by atoms with Crippen LogP contribution in [-0.2, 0) is 16.4 Å². The molecule has 0 spiro atoms. The zero-order valence-electron chi connectivity index (χ0n) is 9.88. The maximum Gasteiger partial charge on any atom is 0.501 e. The lowest BCUT2D eigenvalue weighted by Gasteiger charge is -2.25. The number of sulfone groups is 1. The van der Waals surface area contributed by atoms with E-state index in [-0.39, 0.29) is 17.5 Å². The third kappa shape index (κ3) is 2.34. The van der Waals surface area contributed by atoms with Crippen LogP contribution in [0.15, 0.2) is 17.0 Å². The lowest BCUT2D eigenvalue weighted by Crippen LogP contribution is -2.29. The molecule has 0 amide bonds. The van der Waals surface area contributed by atoms with Crippen LogP contribution in [0.4, 0.5) is 13.2 Å². The third-order valence-electron chi connectivity index (χ3n) is 3.12. The summed E-state index contributed by atoms with van der Waals surface area (Å²) in [5.41, 5.74) is -4.14. The van der Waals surface area contributed by atoms with Crippen LogP contribution < -0.4 is 5.32 Å². The molecule has 0 aliphatic carbocycles. The molecule has 3 nitrogen and oxygen atoms in total. The van der Waals surface area contributed by atoms with Crippen molar-refractivity contribution in [3.8, 4) is 0 Å². The van der Waals surface area contributed by atoms with Crippen molar-refractivity contribution < 1.29 is 21.6 Å². The van der Waals surface area contributed by atoms with Gasteiger partial charge >= 0.3 is 5.51 Å². The second-order valence-corrected chi connectivity index (χ2v) is 6.71. The van der Waals surface area contributed by atoms with Crippen LogP contribution in [0.2, 0.25) is 5.02 Å². The molecule has 0 bridgehead atoms. The molecule has 19 heavy (non-hydrogen) atoms. The van der Waals surface area contributed by atoms with E-state index < -0.39 is 20.2 Å². The quantitative estimate of drug-likeness (QED) is 0.867. The molecular weight excluding hydrogens is 303 g/mol. The number of halogens is 4. The monoisotopic (exact) mass is 313 g/mol. The Morgan fingerprint density at radius 3 is 2.58 bits per heavy atom. The average molecular weight is 314 g/mol. The number of nitrogens with one attached hydrogen (secondary N) is 1. The lowest BCUT2D eigenvalue weighted by atomic mass is 9.92. The number of fused-ring (bicyclic) bond motifs is 1. The second kappa shape index (κ2) is 4.64. The summed E-state index contributed by atoms with van der Waals surface area (Å²) >= 11 is 5.86. The van der Waals surface area contributed by atoms with Gasteiger partial charge in [0, 0.05) is 13.1 Å². The fourth-order valence-corrected chi connectivity index (χ4v) is 3.51. The lowest BCUT2D eigenvalue weighted by molar-refractivity contribution is -0.0436. The molecule has 8 heteroatoms. The van der Waals surface area contributed by atoms with Crippen molar-refractivity contribution in [2.45, 2.75) is 29.8 Å². The van der Waals surface area contributed by atoms with Gasteiger partial charge in [-0.15, -0.1) is 0 Å². The number of benzene rings is 1. The molecule has 0 saturated carbocycles. The third-order valence-corrected chi connectivity index (χ3v) is 5.19. The first-order valence-electron chi connectivity index (χ1n) is 5.49. The normalized spacial score (nSPS) is 20.2. The predicted molar refractivity (Wildman–Crippen MR) is 64.8 cm³/mol. The predicted octanol–water partition coefficient (Wildman–Crippen LogP) is 2.84. The molecule has 1 unspecified atom stereocenters. The highest BCUT2D eigenvalue weighted by Gasteiger charge is 2.48. The Bertz CT molecular complexity index is 613. The molecule has 0 fully saturated rings. The summed E-state index contributed by atoms with van der Waals surface area (Å²) in [5, 5.41) is 2.65. The molecule has 2 rings (SSSR count). The number of alkyl halides is 3. The minimum atomic E-state index is -5.42. The number of hydrogen-bond acceptors (Lipinski definition) is 3. The number of hydrogen-bond donors (Lipinski definition) is 1. The molecule has 1 aliphatic heterocycles. The Morgan fingerprint density at radius 1 is 1.37 bits per heavy atom. The van der Waals surface area contributed by atoms with Crippen LogP contribution in [0, 0.1) is 0 Å². The van der Waals surface area contributed by atoms with Crippen molar-refractivity contribution in [3.63, 3.8) is 0 Å². The van der Waals surface area contributed by atoms with Crippen molar-refractivity contribution >= 4 is 21.4 Å². The standard InChI is InChI=1S/C11H11ClF3NO2S/c1-6-4-16-5-8-7(6)2-3-9(10(8)12)19(17,18)11(13,14)15/h2-3,6,16H,4-5H2,1H3. The van der Waals surface area contributed by atoms with Gasteiger partial charge in [-0.2, -0.15) is 13.2 Å². The van der Waals surface area contributed by atoms with Gasteiger partial charge in [-0.1, -0.05) is 24.6 Å². The van der Waals surface area contributed by atoms with Gasteiger partial charge in [0.15, 0.2) is 0 Å². The molecule has 0 saturated heterocycles. The highest BCUT2D eigenvalue weighted by Crippen LogP contribution is 2.39. The smallest absolute Gasteiger partial charge is 0.312 e. The zero-order valence-corrected chi connectivity index (χ0v) is 11.5. The van der Waals surface area contributed by atoms with E-state index in [0.717, 1.165) is 11.6 Å². The highest BCUT2D eigenvalue weighted by molar-refractivity contribution is 7.92. The van der Waals surface area contributed by atoms with Gasteiger partial charge < -0.3 is 5.32 Å². The summed E-state index contributed by atoms with van der Waals surface area (Å²) < 4.78 is 60.5. The van der Waals surface area contributed by atoms with Gasteiger partial charge in [-0.05, 0) is 23.1 Å². The molecule has 1 aliphatic rings. The first-order chi connectivity index (χ1) is 8.66. The van der Waals surface area contributed by atoms with Crippen LogP contribution in [0.1, 0.15) is 24.0 Å². The molecular formula is C11H11ClF3NO2S. The maximum absolute atomic E-state index is 12.5. The topological polar surface area (TPSA) is 46.2 Å². The van der Waals surface area contributed by atoms with Crippen LogP contribution in [-0.4, -0.2) is 20.5 Å². The molecule has 0 aromatic heterocycles. The second-order valence-electron chi connectivity index (χ2n) is 4.43. The van der Waals surface area contributed by atoms with E-state index >= 15 is 0 Å². The van der Waals surface area contributed by atoms with Crippen LogP contribution in [0.3, 0.4) is 0 Å². The zero-order chi connectivity index (χ0) is 14.4. The molecule has 1 aromatic carbocycles. The van der Waals surface area contributed by atoms with Gasteiger partial charge in [0.05, 0.1) is 9.92 Å². The Kier molecular flexibility index (Phi) is 3.57. The van der Waals surface area contributed by atoms with E-state index in [9.17, 15) is 21.6 Å². The van der Waals surface area contributed by atoms with Gasteiger partial charge in [-0.3, -0.25) is 0 Å². The molecule has 106 valence electrons. The van der Waals surface area contributed by atoms with Crippen molar-refractivity contribution in [1.82, 2.24) is 5.32 Å². The molecule has 0 radical (unpaired) electrons. The van der Waals surface area contributed by atoms with Gasteiger partial charge in [0.2, 0.25) is 0 Å². The summed E-state index contributed by atoms with van der Waals surface area (Å²) in [6.07, 6.45) is 0. The van der Waals surface area contributed by atoms with Gasteiger partial charge in [0.1, 0.15) is 0 Å². The van der Waals surface area contributed by atoms with Gasteiger partial charge in [0.25, 0.3) is 9.84 Å². The average Bonchev–Trinajstić information content (AvgIpc) is 2.29. The Hall–Kier alpha value is -0.790. The Labute approximate surface area is 113 Å². The summed E-state index contributed by atoms with van der Waals surface area (Å²) in [7, 11) is -5.42. The maximum atomic E-state index is 12.5. The highest BCUT2D eigenvalue weighted by atomic mass is 35.5. The van der Waals surface area contributed by atoms with Crippen molar-refractivity contribution in [3.05, 3.63) is 28.3 Å². The van der Waals surface area contributed by atoms with E-state index in [1.165, 1.54) is 6.07 Å². The number of rotatable bonds is 1. The van der Waals surface area contributed by atoms with E-state index in [0.29, 0.717) is 12.1 Å². The van der Waals surface area contributed by atoms with Crippen LogP contribution >= 0.6 is 11.6 Å². The van der Waals surface area contributed by atoms with Crippen molar-refractivity contribution in [2.24, 2.45) is 0 Å². The summed E-state index contributed by atoms with van der Waals surface area (Å²) in [5.74, 6) is 0.0730. The minimum absolute atomic E-state index is 0.0730. The first-order valence-corrected chi connectivity index (χ1v) is 7.35. The molecule has 1 heterocycles. The van der Waals surface area contributed by atoms with Gasteiger partial charge in [-0.25, -0.2) is 8.42 Å². The Balaban J connectivity index is 2.64. The summed E-state index contributed by atoms with van der Waals surface area (Å²) in [6, 6.07) is 2.34. The summed E-state index contributed by atoms with van der Waals surface area (Å²) in [6.45, 7) is 2.83. The van der Waals surface area contributed by atoms with E-state index in [2.05, 4.69) is 5.32 Å². The first kappa shape index (κ1) is 14.6. The van der Waals surface area contributed by atoms with E-state index in [1.807, 2.05) is 6.92 Å². The Morgan fingerprint density at radius 2 is 2.00 bits per heavy atom. The SMILES string of the molecule is CC1CNCc2c1ccc(S(=O)(=O)C(F)(F)F)c2Cl. The largest absolute Gasteiger partial charge is 0.501 e. The van der Waals surface area contributed by atoms with Crippen LogP contribution in [0.25, 0.3) is 0 Å².